The summed E-state index contributed by atoms with van der Waals surface area (Å²) in [5.41, 5.74) is 5.12. The number of ether oxygens (including phenoxy) is 1. The van der Waals surface area contributed by atoms with Gasteiger partial charge < -0.3 is 4.74 Å². The van der Waals surface area contributed by atoms with Gasteiger partial charge in [0.1, 0.15) is 0 Å². The third kappa shape index (κ3) is 3.91. The van der Waals surface area contributed by atoms with E-state index in [1.165, 1.54) is 0 Å². The average Bonchev–Trinajstić information content (AvgIpc) is 2.52. The van der Waals surface area contributed by atoms with Crippen molar-refractivity contribution >= 4 is 5.91 Å². The minimum atomic E-state index is -0.263. The van der Waals surface area contributed by atoms with Gasteiger partial charge in [0, 0.05) is 12.7 Å². The molecule has 0 aliphatic carbocycles. The lowest BCUT2D eigenvalue weighted by Crippen LogP contribution is -2.25. The van der Waals surface area contributed by atoms with Crippen LogP contribution in [0.15, 0.2) is 54.6 Å². The van der Waals surface area contributed by atoms with Crippen LogP contribution < -0.4 is 5.48 Å². The third-order valence-corrected chi connectivity index (χ3v) is 2.81. The Balaban J connectivity index is 1.96. The molecule has 1 N–H and O–H groups in total. The number of benzene rings is 2. The van der Waals surface area contributed by atoms with Crippen LogP contribution in [0.2, 0.25) is 0 Å². The standard InChI is InChI=1S/C16H17NO3/c1-19-11-12-20-17-16(18)15-9-7-14(8-10-15)13-5-3-2-4-6-13/h2-10H,11-12H2,1H3,(H,17,18). The minimum absolute atomic E-state index is 0.263. The molecule has 0 bridgehead atoms. The quantitative estimate of drug-likeness (QED) is 0.649. The third-order valence-electron chi connectivity index (χ3n) is 2.81. The normalized spacial score (nSPS) is 10.2. The highest BCUT2D eigenvalue weighted by molar-refractivity contribution is 5.93. The van der Waals surface area contributed by atoms with Crippen LogP contribution >= 0.6 is 0 Å². The number of carbonyl (C=O) groups is 1. The Labute approximate surface area is 118 Å². The molecule has 0 saturated carbocycles. The summed E-state index contributed by atoms with van der Waals surface area (Å²) in [7, 11) is 1.58. The monoisotopic (exact) mass is 271 g/mol. The van der Waals surface area contributed by atoms with Crippen molar-refractivity contribution in [2.75, 3.05) is 20.3 Å². The second kappa shape index (κ2) is 7.43. The van der Waals surface area contributed by atoms with E-state index in [1.807, 2.05) is 42.5 Å². The van der Waals surface area contributed by atoms with Crippen LogP contribution in [0, 0.1) is 0 Å². The van der Waals surface area contributed by atoms with Crippen LogP contribution in [-0.2, 0) is 9.57 Å². The Morgan fingerprint density at radius 1 is 0.950 bits per heavy atom. The molecule has 0 fully saturated rings. The first-order chi connectivity index (χ1) is 9.81. The van der Waals surface area contributed by atoms with Gasteiger partial charge in [-0.1, -0.05) is 42.5 Å². The van der Waals surface area contributed by atoms with Crippen LogP contribution in [-0.4, -0.2) is 26.2 Å². The fourth-order valence-corrected chi connectivity index (χ4v) is 1.75. The first-order valence-electron chi connectivity index (χ1n) is 6.38. The van der Waals surface area contributed by atoms with E-state index >= 15 is 0 Å². The molecule has 4 nitrogen and oxygen atoms in total. The number of amides is 1. The van der Waals surface area contributed by atoms with Gasteiger partial charge in [-0.3, -0.25) is 9.63 Å². The molecule has 104 valence electrons. The summed E-state index contributed by atoms with van der Waals surface area (Å²) in [4.78, 5) is 16.8. The van der Waals surface area contributed by atoms with Crippen molar-refractivity contribution in [2.24, 2.45) is 0 Å². The second-order valence-electron chi connectivity index (χ2n) is 4.22. The lowest BCUT2D eigenvalue weighted by molar-refractivity contribution is 0.00889. The number of carbonyl (C=O) groups excluding carboxylic acids is 1. The highest BCUT2D eigenvalue weighted by Crippen LogP contribution is 2.19. The zero-order chi connectivity index (χ0) is 14.2. The summed E-state index contributed by atoms with van der Waals surface area (Å²) >= 11 is 0. The Bertz CT molecular complexity index is 537. The van der Waals surface area contributed by atoms with Gasteiger partial charge in [0.15, 0.2) is 0 Å². The highest BCUT2D eigenvalue weighted by Gasteiger charge is 2.05. The molecular weight excluding hydrogens is 254 g/mol. The summed E-state index contributed by atoms with van der Waals surface area (Å²) in [6.45, 7) is 0.761. The number of hydrogen-bond acceptors (Lipinski definition) is 3. The lowest BCUT2D eigenvalue weighted by atomic mass is 10.0. The van der Waals surface area contributed by atoms with E-state index < -0.39 is 0 Å². The zero-order valence-electron chi connectivity index (χ0n) is 11.3. The lowest BCUT2D eigenvalue weighted by Gasteiger charge is -2.06. The van der Waals surface area contributed by atoms with Crippen LogP contribution in [0.25, 0.3) is 11.1 Å². The van der Waals surface area contributed by atoms with Crippen LogP contribution in [0.1, 0.15) is 10.4 Å². The van der Waals surface area contributed by atoms with E-state index in [0.717, 1.165) is 11.1 Å². The van der Waals surface area contributed by atoms with Gasteiger partial charge in [-0.25, -0.2) is 5.48 Å². The second-order valence-corrected chi connectivity index (χ2v) is 4.22. The van der Waals surface area contributed by atoms with E-state index in [-0.39, 0.29) is 5.91 Å². The maximum absolute atomic E-state index is 11.8. The smallest absolute Gasteiger partial charge is 0.274 e. The van der Waals surface area contributed by atoms with Gasteiger partial charge in [-0.2, -0.15) is 0 Å². The highest BCUT2D eigenvalue weighted by atomic mass is 16.7. The molecule has 0 spiro atoms. The molecule has 20 heavy (non-hydrogen) atoms. The van der Waals surface area contributed by atoms with Crippen LogP contribution in [0.3, 0.4) is 0 Å². The molecule has 2 aromatic carbocycles. The Morgan fingerprint density at radius 3 is 2.25 bits per heavy atom. The fourth-order valence-electron chi connectivity index (χ4n) is 1.75. The first kappa shape index (κ1) is 14.2. The predicted octanol–water partition coefficient (Wildman–Crippen LogP) is 2.66. The van der Waals surface area contributed by atoms with E-state index in [0.29, 0.717) is 18.8 Å². The molecule has 0 aliphatic heterocycles. The topological polar surface area (TPSA) is 47.6 Å². The first-order valence-corrected chi connectivity index (χ1v) is 6.38. The van der Waals surface area contributed by atoms with Gasteiger partial charge in [0.05, 0.1) is 13.2 Å². The summed E-state index contributed by atoms with van der Waals surface area (Å²) in [5, 5.41) is 0. The molecular formula is C16H17NO3. The molecule has 0 atom stereocenters. The SMILES string of the molecule is COCCONC(=O)c1ccc(-c2ccccc2)cc1. The minimum Gasteiger partial charge on any atom is -0.382 e. The molecule has 0 saturated heterocycles. The van der Waals surface area contributed by atoms with Crippen molar-refractivity contribution in [3.8, 4) is 11.1 Å². The summed E-state index contributed by atoms with van der Waals surface area (Å²) in [5.74, 6) is -0.263. The Kier molecular flexibility index (Phi) is 5.29. The van der Waals surface area contributed by atoms with Crippen molar-refractivity contribution in [3.63, 3.8) is 0 Å². The molecule has 2 aromatic rings. The van der Waals surface area contributed by atoms with Crippen molar-refractivity contribution in [1.29, 1.82) is 0 Å². The fraction of sp³-hybridized carbons (Fsp3) is 0.188. The molecule has 0 radical (unpaired) electrons. The zero-order valence-corrected chi connectivity index (χ0v) is 11.3. The van der Waals surface area contributed by atoms with Crippen molar-refractivity contribution < 1.29 is 14.4 Å². The number of nitrogens with one attached hydrogen (secondary N) is 1. The van der Waals surface area contributed by atoms with Gasteiger partial charge in [0.2, 0.25) is 0 Å². The molecule has 2 rings (SSSR count). The summed E-state index contributed by atoms with van der Waals surface area (Å²) in [6, 6.07) is 17.4. The number of hydrogen-bond donors (Lipinski definition) is 1. The van der Waals surface area contributed by atoms with Crippen molar-refractivity contribution in [1.82, 2.24) is 5.48 Å². The summed E-state index contributed by atoms with van der Waals surface area (Å²) in [6.07, 6.45) is 0. The Hall–Kier alpha value is -2.17. The van der Waals surface area contributed by atoms with Gasteiger partial charge in [0.25, 0.3) is 5.91 Å². The average molecular weight is 271 g/mol. The largest absolute Gasteiger partial charge is 0.382 e. The van der Waals surface area contributed by atoms with Crippen molar-refractivity contribution in [2.45, 2.75) is 0 Å². The molecule has 0 unspecified atom stereocenters. The van der Waals surface area contributed by atoms with Gasteiger partial charge in [-0.05, 0) is 23.3 Å². The maximum Gasteiger partial charge on any atom is 0.274 e. The van der Waals surface area contributed by atoms with Crippen LogP contribution in [0.4, 0.5) is 0 Å². The molecule has 4 heteroatoms. The van der Waals surface area contributed by atoms with E-state index in [9.17, 15) is 4.79 Å². The van der Waals surface area contributed by atoms with E-state index in [2.05, 4.69) is 5.48 Å². The number of methoxy groups -OCH3 is 1. The summed E-state index contributed by atoms with van der Waals surface area (Å²) < 4.78 is 4.82. The molecule has 0 aliphatic rings. The number of hydroxylamine groups is 1. The van der Waals surface area contributed by atoms with Crippen molar-refractivity contribution in [3.05, 3.63) is 60.2 Å². The van der Waals surface area contributed by atoms with Crippen LogP contribution in [0.5, 0.6) is 0 Å². The molecule has 0 heterocycles. The van der Waals surface area contributed by atoms with Gasteiger partial charge in [-0.15, -0.1) is 0 Å². The van der Waals surface area contributed by atoms with E-state index in [1.54, 1.807) is 19.2 Å². The predicted molar refractivity (Wildman–Crippen MR) is 77.2 cm³/mol. The number of rotatable bonds is 6. The van der Waals surface area contributed by atoms with E-state index in [4.69, 9.17) is 9.57 Å². The Morgan fingerprint density at radius 2 is 1.60 bits per heavy atom. The molecule has 0 aromatic heterocycles. The maximum atomic E-state index is 11.8. The molecule has 1 amide bonds. The van der Waals surface area contributed by atoms with Gasteiger partial charge >= 0.3 is 0 Å².